The van der Waals surface area contributed by atoms with Gasteiger partial charge in [0.05, 0.1) is 25.3 Å². The summed E-state index contributed by atoms with van der Waals surface area (Å²) in [4.78, 5) is 0. The molecule has 2 aromatic carbocycles. The molecule has 0 amide bonds. The van der Waals surface area contributed by atoms with Gasteiger partial charge in [0.1, 0.15) is 5.75 Å². The summed E-state index contributed by atoms with van der Waals surface area (Å²) in [6.07, 6.45) is 0. The van der Waals surface area contributed by atoms with Crippen molar-refractivity contribution in [2.75, 3.05) is 12.4 Å². The van der Waals surface area contributed by atoms with Gasteiger partial charge in [0.25, 0.3) is 0 Å². The third-order valence-corrected chi connectivity index (χ3v) is 3.37. The van der Waals surface area contributed by atoms with E-state index >= 15 is 0 Å². The lowest BCUT2D eigenvalue weighted by molar-refractivity contribution is 0.274. The van der Waals surface area contributed by atoms with Crippen LogP contribution >= 0.6 is 0 Å². The van der Waals surface area contributed by atoms with Gasteiger partial charge in [-0.1, -0.05) is 12.1 Å². The number of hydrogen-bond acceptors (Lipinski definition) is 4. The predicted molar refractivity (Wildman–Crippen MR) is 82.1 cm³/mol. The Bertz CT molecular complexity index is 645. The van der Waals surface area contributed by atoms with Gasteiger partial charge in [-0.25, -0.2) is 0 Å². The quantitative estimate of drug-likeness (QED) is 0.883. The minimum Gasteiger partial charge on any atom is -0.496 e. The number of ether oxygens (including phenoxy) is 1. The van der Waals surface area contributed by atoms with Crippen LogP contribution in [0.4, 0.5) is 5.69 Å². The van der Waals surface area contributed by atoms with Crippen LogP contribution in [0.25, 0.3) is 0 Å². The first-order chi connectivity index (χ1) is 10.2. The largest absolute Gasteiger partial charge is 0.496 e. The summed E-state index contributed by atoms with van der Waals surface area (Å²) in [5, 5.41) is 21.5. The molecule has 1 unspecified atom stereocenters. The van der Waals surface area contributed by atoms with Gasteiger partial charge < -0.3 is 15.2 Å². The molecule has 2 N–H and O–H groups in total. The molecule has 2 aromatic rings. The first-order valence-electron chi connectivity index (χ1n) is 6.72. The molecule has 0 aliphatic rings. The zero-order chi connectivity index (χ0) is 15.2. The van der Waals surface area contributed by atoms with E-state index in [4.69, 9.17) is 10.00 Å². The van der Waals surface area contributed by atoms with Gasteiger partial charge in [0.15, 0.2) is 0 Å². The molecule has 0 aliphatic carbocycles. The van der Waals surface area contributed by atoms with Gasteiger partial charge in [-0.3, -0.25) is 0 Å². The highest BCUT2D eigenvalue weighted by atomic mass is 16.5. The highest BCUT2D eigenvalue weighted by Gasteiger charge is 2.08. The highest BCUT2D eigenvalue weighted by molar-refractivity contribution is 5.52. The second-order valence-electron chi connectivity index (χ2n) is 4.78. The van der Waals surface area contributed by atoms with Crippen LogP contribution in [-0.2, 0) is 6.61 Å². The molecule has 0 heterocycles. The van der Waals surface area contributed by atoms with Crippen LogP contribution in [0, 0.1) is 11.3 Å². The Hall–Kier alpha value is -2.51. The molecule has 1 atom stereocenters. The molecule has 0 bridgehead atoms. The molecule has 4 heteroatoms. The normalized spacial score (nSPS) is 11.5. The summed E-state index contributed by atoms with van der Waals surface area (Å²) in [5.41, 5.74) is 3.40. The number of anilines is 1. The second kappa shape index (κ2) is 6.78. The highest BCUT2D eigenvalue weighted by Crippen LogP contribution is 2.25. The number of aliphatic hydroxyl groups excluding tert-OH is 1. The molecule has 21 heavy (non-hydrogen) atoms. The summed E-state index contributed by atoms with van der Waals surface area (Å²) < 4.78 is 5.19. The lowest BCUT2D eigenvalue weighted by Crippen LogP contribution is -2.07. The third kappa shape index (κ3) is 3.53. The van der Waals surface area contributed by atoms with Gasteiger partial charge in [0, 0.05) is 17.3 Å². The standard InChI is InChI=1S/C17H18N2O2/c1-12(14-5-3-13(10-18)4-6-14)19-16-7-8-17(21-2)15(9-16)11-20/h3-9,12,19-20H,11H2,1-2H3. The monoisotopic (exact) mass is 282 g/mol. The summed E-state index contributed by atoms with van der Waals surface area (Å²) in [5.74, 6) is 0.675. The van der Waals surface area contributed by atoms with E-state index in [-0.39, 0.29) is 12.6 Å². The third-order valence-electron chi connectivity index (χ3n) is 3.37. The molecule has 0 saturated carbocycles. The van der Waals surface area contributed by atoms with E-state index in [2.05, 4.69) is 11.4 Å². The molecule has 0 aromatic heterocycles. The van der Waals surface area contributed by atoms with Crippen LogP contribution in [0.3, 0.4) is 0 Å². The van der Waals surface area contributed by atoms with Crippen LogP contribution in [0.15, 0.2) is 42.5 Å². The summed E-state index contributed by atoms with van der Waals surface area (Å²) in [7, 11) is 1.58. The Morgan fingerprint density at radius 2 is 1.95 bits per heavy atom. The van der Waals surface area contributed by atoms with Crippen molar-refractivity contribution in [1.29, 1.82) is 5.26 Å². The smallest absolute Gasteiger partial charge is 0.124 e. The van der Waals surface area contributed by atoms with Crippen LogP contribution in [0.1, 0.15) is 29.7 Å². The number of aliphatic hydroxyl groups is 1. The Kier molecular flexibility index (Phi) is 4.81. The molecule has 0 saturated heterocycles. The fourth-order valence-corrected chi connectivity index (χ4v) is 2.17. The number of rotatable bonds is 5. The molecular weight excluding hydrogens is 264 g/mol. The van der Waals surface area contributed by atoms with Crippen LogP contribution < -0.4 is 10.1 Å². The minimum absolute atomic E-state index is 0.0655. The first kappa shape index (κ1) is 14.9. The molecule has 0 aliphatic heterocycles. The topological polar surface area (TPSA) is 65.3 Å². The van der Waals surface area contributed by atoms with E-state index in [1.165, 1.54) is 0 Å². The Morgan fingerprint density at radius 3 is 2.52 bits per heavy atom. The zero-order valence-electron chi connectivity index (χ0n) is 12.1. The lowest BCUT2D eigenvalue weighted by Gasteiger charge is -2.17. The summed E-state index contributed by atoms with van der Waals surface area (Å²) in [6, 6.07) is 15.3. The van der Waals surface area contributed by atoms with Gasteiger partial charge in [-0.2, -0.15) is 5.26 Å². The molecule has 0 radical (unpaired) electrons. The maximum Gasteiger partial charge on any atom is 0.124 e. The van der Waals surface area contributed by atoms with E-state index in [1.54, 1.807) is 19.2 Å². The number of nitriles is 1. The van der Waals surface area contributed by atoms with Crippen molar-refractivity contribution in [2.45, 2.75) is 19.6 Å². The Balaban J connectivity index is 2.15. The molecule has 108 valence electrons. The number of nitrogens with one attached hydrogen (secondary N) is 1. The van der Waals surface area contributed by atoms with E-state index in [0.29, 0.717) is 11.3 Å². The van der Waals surface area contributed by atoms with Gasteiger partial charge in [-0.05, 0) is 42.8 Å². The van der Waals surface area contributed by atoms with Crippen molar-refractivity contribution >= 4 is 5.69 Å². The molecule has 0 spiro atoms. The van der Waals surface area contributed by atoms with Gasteiger partial charge in [0.2, 0.25) is 0 Å². The minimum atomic E-state index is -0.0655. The number of benzene rings is 2. The Labute approximate surface area is 124 Å². The van der Waals surface area contributed by atoms with Crippen LogP contribution in [0.2, 0.25) is 0 Å². The van der Waals surface area contributed by atoms with Crippen molar-refractivity contribution < 1.29 is 9.84 Å². The van der Waals surface area contributed by atoms with Crippen molar-refractivity contribution in [2.24, 2.45) is 0 Å². The maximum atomic E-state index is 9.34. The fraction of sp³-hybridized carbons (Fsp3) is 0.235. The van der Waals surface area contributed by atoms with Gasteiger partial charge in [-0.15, -0.1) is 0 Å². The average Bonchev–Trinajstić information content (AvgIpc) is 2.54. The van der Waals surface area contributed by atoms with E-state index < -0.39 is 0 Å². The molecule has 4 nitrogen and oxygen atoms in total. The lowest BCUT2D eigenvalue weighted by atomic mass is 10.1. The van der Waals surface area contributed by atoms with E-state index in [9.17, 15) is 5.11 Å². The van der Waals surface area contributed by atoms with Crippen LogP contribution in [-0.4, -0.2) is 12.2 Å². The Morgan fingerprint density at radius 1 is 1.24 bits per heavy atom. The maximum absolute atomic E-state index is 9.34. The van der Waals surface area contributed by atoms with Crippen molar-refractivity contribution in [3.05, 3.63) is 59.2 Å². The number of hydrogen-bond donors (Lipinski definition) is 2. The van der Waals surface area contributed by atoms with E-state index in [0.717, 1.165) is 16.8 Å². The number of methoxy groups -OCH3 is 1. The molecule has 0 fully saturated rings. The van der Waals surface area contributed by atoms with Crippen molar-refractivity contribution in [1.82, 2.24) is 0 Å². The summed E-state index contributed by atoms with van der Waals surface area (Å²) in [6.45, 7) is 1.98. The van der Waals surface area contributed by atoms with Gasteiger partial charge >= 0.3 is 0 Å². The number of nitrogens with zero attached hydrogens (tertiary/aromatic N) is 1. The molecule has 2 rings (SSSR count). The fourth-order valence-electron chi connectivity index (χ4n) is 2.17. The predicted octanol–water partition coefficient (Wildman–Crippen LogP) is 3.23. The van der Waals surface area contributed by atoms with Crippen molar-refractivity contribution in [3.8, 4) is 11.8 Å². The summed E-state index contributed by atoms with van der Waals surface area (Å²) >= 11 is 0. The SMILES string of the molecule is COc1ccc(NC(C)c2ccc(C#N)cc2)cc1CO. The van der Waals surface area contributed by atoms with Crippen LogP contribution in [0.5, 0.6) is 5.75 Å². The molecular formula is C17H18N2O2. The van der Waals surface area contributed by atoms with E-state index in [1.807, 2.05) is 37.3 Å². The first-order valence-corrected chi connectivity index (χ1v) is 6.72. The van der Waals surface area contributed by atoms with Crippen molar-refractivity contribution in [3.63, 3.8) is 0 Å². The zero-order valence-corrected chi connectivity index (χ0v) is 12.1. The average molecular weight is 282 g/mol. The second-order valence-corrected chi connectivity index (χ2v) is 4.78.